The van der Waals surface area contributed by atoms with Crippen molar-refractivity contribution in [2.24, 2.45) is 11.8 Å². The maximum Gasteiger partial charge on any atom is 0.306 e. The second-order valence-corrected chi connectivity index (χ2v) is 7.36. The minimum absolute atomic E-state index is 0.0944. The Bertz CT molecular complexity index is 622. The molecule has 1 amide bonds. The highest BCUT2D eigenvalue weighted by atomic mass is 32.2. The normalized spacial score (nSPS) is 27.1. The molecule has 23 heavy (non-hydrogen) atoms. The van der Waals surface area contributed by atoms with Gasteiger partial charge in [0, 0.05) is 16.6 Å². The fourth-order valence-corrected chi connectivity index (χ4v) is 4.62. The van der Waals surface area contributed by atoms with Crippen molar-refractivity contribution < 1.29 is 19.1 Å². The molecule has 6 heteroatoms. The number of thioether (sulfide) groups is 1. The summed E-state index contributed by atoms with van der Waals surface area (Å²) >= 11 is 1.48. The quantitative estimate of drug-likeness (QED) is 0.887. The molecule has 1 aliphatic carbocycles. The summed E-state index contributed by atoms with van der Waals surface area (Å²) in [4.78, 5) is 24.3. The molecule has 3 atom stereocenters. The lowest BCUT2D eigenvalue weighted by atomic mass is 9.81. The van der Waals surface area contributed by atoms with Crippen LogP contribution in [0.3, 0.4) is 0 Å². The Kier molecular flexibility index (Phi) is 4.90. The molecule has 3 unspecified atom stereocenters. The van der Waals surface area contributed by atoms with Crippen LogP contribution in [0.2, 0.25) is 0 Å². The standard InChI is InChI=1S/C17H20FNO3S/c18-13-6-2-5-12-14(7-8-23-15(12)13)19-16(20)10-3-1-4-11(9-10)17(21)22/h2,5-6,10-11,14H,1,3-4,7-9H2,(H,19,20)(H,21,22). The lowest BCUT2D eigenvalue weighted by Crippen LogP contribution is -2.38. The molecule has 1 heterocycles. The summed E-state index contributed by atoms with van der Waals surface area (Å²) in [6.07, 6.45) is 3.31. The predicted octanol–water partition coefficient (Wildman–Crippen LogP) is 3.37. The van der Waals surface area contributed by atoms with Gasteiger partial charge in [0.1, 0.15) is 5.82 Å². The number of carboxylic acid groups (broad SMARTS) is 1. The molecule has 1 aliphatic heterocycles. The molecule has 0 saturated heterocycles. The van der Waals surface area contributed by atoms with Crippen LogP contribution in [0.1, 0.15) is 43.7 Å². The van der Waals surface area contributed by atoms with Crippen LogP contribution in [0.5, 0.6) is 0 Å². The van der Waals surface area contributed by atoms with Gasteiger partial charge in [-0.25, -0.2) is 4.39 Å². The fraction of sp³-hybridized carbons (Fsp3) is 0.529. The highest BCUT2D eigenvalue weighted by molar-refractivity contribution is 7.99. The van der Waals surface area contributed by atoms with Gasteiger partial charge >= 0.3 is 5.97 Å². The Morgan fingerprint density at radius 1 is 1.22 bits per heavy atom. The van der Waals surface area contributed by atoms with Crippen molar-refractivity contribution in [3.05, 3.63) is 29.6 Å². The molecule has 0 radical (unpaired) electrons. The van der Waals surface area contributed by atoms with Crippen molar-refractivity contribution in [3.63, 3.8) is 0 Å². The highest BCUT2D eigenvalue weighted by Gasteiger charge is 2.33. The number of rotatable bonds is 3. The van der Waals surface area contributed by atoms with E-state index in [0.717, 1.165) is 30.6 Å². The summed E-state index contributed by atoms with van der Waals surface area (Å²) in [5.41, 5.74) is 0.834. The molecule has 0 bridgehead atoms. The van der Waals surface area contributed by atoms with E-state index in [4.69, 9.17) is 5.11 Å². The first-order valence-corrected chi connectivity index (χ1v) is 8.99. The predicted molar refractivity (Wildman–Crippen MR) is 85.7 cm³/mol. The zero-order chi connectivity index (χ0) is 16.4. The molecule has 1 saturated carbocycles. The monoisotopic (exact) mass is 337 g/mol. The molecule has 0 aromatic heterocycles. The van der Waals surface area contributed by atoms with Gasteiger partial charge in [0.2, 0.25) is 5.91 Å². The summed E-state index contributed by atoms with van der Waals surface area (Å²) in [5.74, 6) is -1.06. The van der Waals surface area contributed by atoms with Gasteiger partial charge in [-0.3, -0.25) is 9.59 Å². The number of benzene rings is 1. The number of carboxylic acids is 1. The largest absolute Gasteiger partial charge is 0.481 e. The van der Waals surface area contributed by atoms with Crippen LogP contribution in [0.4, 0.5) is 4.39 Å². The van der Waals surface area contributed by atoms with Crippen LogP contribution < -0.4 is 5.32 Å². The topological polar surface area (TPSA) is 66.4 Å². The number of fused-ring (bicyclic) bond motifs is 1. The van der Waals surface area contributed by atoms with E-state index in [1.807, 2.05) is 6.07 Å². The average Bonchev–Trinajstić information content (AvgIpc) is 2.56. The first kappa shape index (κ1) is 16.3. The average molecular weight is 337 g/mol. The second kappa shape index (κ2) is 6.91. The van der Waals surface area contributed by atoms with Gasteiger partial charge in [-0.2, -0.15) is 0 Å². The van der Waals surface area contributed by atoms with Crippen molar-refractivity contribution in [1.82, 2.24) is 5.32 Å². The van der Waals surface area contributed by atoms with Crippen molar-refractivity contribution in [3.8, 4) is 0 Å². The van der Waals surface area contributed by atoms with Gasteiger partial charge in [-0.05, 0) is 37.3 Å². The molecular formula is C17H20FNO3S. The molecule has 4 nitrogen and oxygen atoms in total. The molecule has 1 aromatic carbocycles. The van der Waals surface area contributed by atoms with Crippen molar-refractivity contribution in [1.29, 1.82) is 0 Å². The summed E-state index contributed by atoms with van der Waals surface area (Å²) in [6.45, 7) is 0. The maximum atomic E-state index is 13.9. The molecular weight excluding hydrogens is 317 g/mol. The van der Waals surface area contributed by atoms with Crippen molar-refractivity contribution >= 4 is 23.6 Å². The lowest BCUT2D eigenvalue weighted by molar-refractivity contribution is -0.144. The van der Waals surface area contributed by atoms with Gasteiger partial charge in [-0.15, -0.1) is 11.8 Å². The molecule has 2 N–H and O–H groups in total. The van der Waals surface area contributed by atoms with Gasteiger partial charge in [-0.1, -0.05) is 18.6 Å². The van der Waals surface area contributed by atoms with Crippen LogP contribution in [-0.4, -0.2) is 22.7 Å². The minimum Gasteiger partial charge on any atom is -0.481 e. The minimum atomic E-state index is -0.816. The molecule has 2 aliphatic rings. The Morgan fingerprint density at radius 2 is 2.00 bits per heavy atom. The fourth-order valence-electron chi connectivity index (χ4n) is 3.48. The first-order valence-electron chi connectivity index (χ1n) is 8.00. The van der Waals surface area contributed by atoms with E-state index in [1.54, 1.807) is 6.07 Å². The third kappa shape index (κ3) is 3.52. The Balaban J connectivity index is 1.69. The SMILES string of the molecule is O=C(O)C1CCCC(C(=O)NC2CCSc3c(F)cccc32)C1. The van der Waals surface area contributed by atoms with E-state index in [0.29, 0.717) is 17.7 Å². The number of hydrogen-bond acceptors (Lipinski definition) is 3. The van der Waals surface area contributed by atoms with Gasteiger partial charge in [0.25, 0.3) is 0 Å². The van der Waals surface area contributed by atoms with Crippen molar-refractivity contribution in [2.75, 3.05) is 5.75 Å². The highest BCUT2D eigenvalue weighted by Crippen LogP contribution is 2.38. The zero-order valence-corrected chi connectivity index (χ0v) is 13.6. The smallest absolute Gasteiger partial charge is 0.306 e. The van der Waals surface area contributed by atoms with E-state index >= 15 is 0 Å². The lowest BCUT2D eigenvalue weighted by Gasteiger charge is -2.30. The van der Waals surface area contributed by atoms with Crippen LogP contribution in [0.25, 0.3) is 0 Å². The summed E-state index contributed by atoms with van der Waals surface area (Å²) < 4.78 is 13.9. The molecule has 0 spiro atoms. The summed E-state index contributed by atoms with van der Waals surface area (Å²) in [5, 5.41) is 12.2. The van der Waals surface area contributed by atoms with Crippen molar-refractivity contribution in [2.45, 2.75) is 43.0 Å². The molecule has 124 valence electrons. The number of aliphatic carboxylic acids is 1. The molecule has 3 rings (SSSR count). The first-order chi connectivity index (χ1) is 11.1. The third-order valence-electron chi connectivity index (χ3n) is 4.74. The third-order valence-corrected chi connectivity index (χ3v) is 5.90. The van der Waals surface area contributed by atoms with Crippen LogP contribution in [0.15, 0.2) is 23.1 Å². The molecule has 1 fully saturated rings. The number of amides is 1. The zero-order valence-electron chi connectivity index (χ0n) is 12.8. The number of hydrogen-bond donors (Lipinski definition) is 2. The molecule has 1 aromatic rings. The van der Waals surface area contributed by atoms with Gasteiger partial charge in [0.05, 0.1) is 12.0 Å². The van der Waals surface area contributed by atoms with E-state index in [-0.39, 0.29) is 23.7 Å². The van der Waals surface area contributed by atoms with E-state index in [9.17, 15) is 14.0 Å². The number of carbonyl (C=O) groups excluding carboxylic acids is 1. The summed E-state index contributed by atoms with van der Waals surface area (Å²) in [7, 11) is 0. The van der Waals surface area contributed by atoms with Gasteiger partial charge in [0.15, 0.2) is 0 Å². The Hall–Kier alpha value is -1.56. The summed E-state index contributed by atoms with van der Waals surface area (Å²) in [6, 6.07) is 4.78. The van der Waals surface area contributed by atoms with Crippen LogP contribution in [-0.2, 0) is 9.59 Å². The van der Waals surface area contributed by atoms with E-state index in [1.165, 1.54) is 17.8 Å². The second-order valence-electron chi connectivity index (χ2n) is 6.26. The van der Waals surface area contributed by atoms with E-state index in [2.05, 4.69) is 5.32 Å². The van der Waals surface area contributed by atoms with E-state index < -0.39 is 11.9 Å². The number of halogens is 1. The number of nitrogens with one attached hydrogen (secondary N) is 1. The Labute approximate surface area is 138 Å². The Morgan fingerprint density at radius 3 is 2.78 bits per heavy atom. The maximum absolute atomic E-state index is 13.9. The van der Waals surface area contributed by atoms with Crippen LogP contribution >= 0.6 is 11.8 Å². The number of carbonyl (C=O) groups is 2. The van der Waals surface area contributed by atoms with Crippen LogP contribution in [0, 0.1) is 17.7 Å². The van der Waals surface area contributed by atoms with Gasteiger partial charge < -0.3 is 10.4 Å².